The second-order valence-electron chi connectivity index (χ2n) is 5.28. The first-order valence-corrected chi connectivity index (χ1v) is 6.92. The maximum atomic E-state index is 9.68. The molecule has 0 amide bonds. The van der Waals surface area contributed by atoms with Crippen molar-refractivity contribution in [1.82, 2.24) is 5.32 Å². The fourth-order valence-corrected chi connectivity index (χ4v) is 2.09. The molecular weight excluding hydrogens is 218 g/mol. The number of hydrogen-bond donors (Lipinski definition) is 2. The number of aliphatic hydroxyl groups is 1. The van der Waals surface area contributed by atoms with E-state index in [-0.39, 0.29) is 0 Å². The van der Waals surface area contributed by atoms with Crippen LogP contribution in [0.2, 0.25) is 0 Å². The Morgan fingerprint density at radius 2 is 2.18 bits per heavy atom. The minimum atomic E-state index is -0.391. The van der Waals surface area contributed by atoms with Crippen LogP contribution in [0.1, 0.15) is 32.1 Å². The number of rotatable bonds is 8. The molecule has 0 aromatic carbocycles. The smallest absolute Gasteiger partial charge is 0.0897 e. The van der Waals surface area contributed by atoms with Crippen LogP contribution in [0.3, 0.4) is 0 Å². The predicted octanol–water partition coefficient (Wildman–Crippen LogP) is 0.933. The number of ether oxygens (including phenoxy) is 2. The van der Waals surface area contributed by atoms with Crippen LogP contribution < -0.4 is 5.32 Å². The zero-order valence-corrected chi connectivity index (χ0v) is 10.6. The van der Waals surface area contributed by atoms with Gasteiger partial charge in [-0.2, -0.15) is 0 Å². The highest BCUT2D eigenvalue weighted by Gasteiger charge is 2.21. The van der Waals surface area contributed by atoms with Crippen molar-refractivity contribution in [3.63, 3.8) is 0 Å². The molecule has 2 fully saturated rings. The van der Waals surface area contributed by atoms with E-state index in [0.29, 0.717) is 19.3 Å². The molecule has 2 N–H and O–H groups in total. The van der Waals surface area contributed by atoms with Crippen LogP contribution >= 0.6 is 0 Å². The fraction of sp³-hybridized carbons (Fsp3) is 1.00. The van der Waals surface area contributed by atoms with Gasteiger partial charge in [-0.1, -0.05) is 0 Å². The van der Waals surface area contributed by atoms with E-state index < -0.39 is 6.10 Å². The van der Waals surface area contributed by atoms with E-state index in [1.165, 1.54) is 25.7 Å². The standard InChI is InChI=1S/C13H25NO3/c15-12(10-16-9-11-4-5-11)7-14-8-13-3-1-2-6-17-13/h11-15H,1-10H2. The molecule has 2 rings (SSSR count). The third kappa shape index (κ3) is 5.82. The SMILES string of the molecule is OC(CNCC1CCCCO1)COCC1CC1. The maximum Gasteiger partial charge on any atom is 0.0897 e. The number of aliphatic hydroxyl groups excluding tert-OH is 1. The van der Waals surface area contributed by atoms with Crippen LogP contribution in [-0.4, -0.2) is 50.2 Å². The van der Waals surface area contributed by atoms with Gasteiger partial charge in [0.15, 0.2) is 0 Å². The van der Waals surface area contributed by atoms with Gasteiger partial charge in [0.2, 0.25) is 0 Å². The molecule has 4 nitrogen and oxygen atoms in total. The summed E-state index contributed by atoms with van der Waals surface area (Å²) in [6.45, 7) is 3.61. The lowest BCUT2D eigenvalue weighted by molar-refractivity contribution is 0.00861. The molecule has 100 valence electrons. The zero-order valence-electron chi connectivity index (χ0n) is 10.6. The molecule has 0 aromatic heterocycles. The molecule has 1 saturated carbocycles. The first-order valence-electron chi connectivity index (χ1n) is 6.92. The van der Waals surface area contributed by atoms with E-state index >= 15 is 0 Å². The molecule has 1 saturated heterocycles. The van der Waals surface area contributed by atoms with Crippen LogP contribution in [0.15, 0.2) is 0 Å². The van der Waals surface area contributed by atoms with E-state index in [1.807, 2.05) is 0 Å². The average Bonchev–Trinajstić information content (AvgIpc) is 3.14. The van der Waals surface area contributed by atoms with Gasteiger partial charge in [0.05, 0.1) is 18.8 Å². The van der Waals surface area contributed by atoms with E-state index in [9.17, 15) is 5.11 Å². The van der Waals surface area contributed by atoms with Crippen molar-refractivity contribution in [1.29, 1.82) is 0 Å². The summed E-state index contributed by atoms with van der Waals surface area (Å²) >= 11 is 0. The molecule has 0 radical (unpaired) electrons. The van der Waals surface area contributed by atoms with Gasteiger partial charge in [0.1, 0.15) is 0 Å². The molecule has 0 spiro atoms. The third-order valence-electron chi connectivity index (χ3n) is 3.39. The molecule has 0 aromatic rings. The lowest BCUT2D eigenvalue weighted by atomic mass is 10.1. The molecule has 1 heterocycles. The fourth-order valence-electron chi connectivity index (χ4n) is 2.09. The Labute approximate surface area is 104 Å². The van der Waals surface area contributed by atoms with E-state index in [4.69, 9.17) is 9.47 Å². The Morgan fingerprint density at radius 1 is 1.29 bits per heavy atom. The lowest BCUT2D eigenvalue weighted by Gasteiger charge is -2.23. The topological polar surface area (TPSA) is 50.7 Å². The summed E-state index contributed by atoms with van der Waals surface area (Å²) in [7, 11) is 0. The highest BCUT2D eigenvalue weighted by atomic mass is 16.5. The lowest BCUT2D eigenvalue weighted by Crippen LogP contribution is -2.37. The Balaban J connectivity index is 1.42. The van der Waals surface area contributed by atoms with Gasteiger partial charge in [-0.05, 0) is 38.0 Å². The predicted molar refractivity (Wildman–Crippen MR) is 66.0 cm³/mol. The summed E-state index contributed by atoms with van der Waals surface area (Å²) in [5, 5.41) is 12.9. The van der Waals surface area contributed by atoms with Gasteiger partial charge in [-0.25, -0.2) is 0 Å². The van der Waals surface area contributed by atoms with E-state index in [1.54, 1.807) is 0 Å². The van der Waals surface area contributed by atoms with Gasteiger partial charge in [0, 0.05) is 26.3 Å². The quantitative estimate of drug-likeness (QED) is 0.666. The van der Waals surface area contributed by atoms with E-state index in [0.717, 1.165) is 32.1 Å². The van der Waals surface area contributed by atoms with Gasteiger partial charge >= 0.3 is 0 Å². The molecule has 2 unspecified atom stereocenters. The minimum Gasteiger partial charge on any atom is -0.389 e. The molecule has 4 heteroatoms. The normalized spacial score (nSPS) is 27.0. The first kappa shape index (κ1) is 13.3. The first-order chi connectivity index (χ1) is 8.34. The van der Waals surface area contributed by atoms with Gasteiger partial charge in [-0.15, -0.1) is 0 Å². The van der Waals surface area contributed by atoms with Crippen LogP contribution in [0.25, 0.3) is 0 Å². The second kappa shape index (κ2) is 7.31. The largest absolute Gasteiger partial charge is 0.389 e. The molecular formula is C13H25NO3. The van der Waals surface area contributed by atoms with Crippen LogP contribution in [-0.2, 0) is 9.47 Å². The molecule has 1 aliphatic heterocycles. The summed E-state index contributed by atoms with van der Waals surface area (Å²) in [5.74, 6) is 0.769. The van der Waals surface area contributed by atoms with Crippen LogP contribution in [0.4, 0.5) is 0 Å². The van der Waals surface area contributed by atoms with Gasteiger partial charge in [0.25, 0.3) is 0 Å². The highest BCUT2D eigenvalue weighted by Crippen LogP contribution is 2.28. The molecule has 2 aliphatic rings. The van der Waals surface area contributed by atoms with Crippen molar-refractivity contribution in [2.75, 3.05) is 32.9 Å². The van der Waals surface area contributed by atoms with Crippen molar-refractivity contribution < 1.29 is 14.6 Å². The maximum absolute atomic E-state index is 9.68. The molecule has 2 atom stereocenters. The van der Waals surface area contributed by atoms with Crippen molar-refractivity contribution >= 4 is 0 Å². The van der Waals surface area contributed by atoms with Crippen molar-refractivity contribution in [2.45, 2.75) is 44.3 Å². The van der Waals surface area contributed by atoms with Crippen molar-refractivity contribution in [3.8, 4) is 0 Å². The summed E-state index contributed by atoms with van der Waals surface area (Å²) in [5.41, 5.74) is 0. The summed E-state index contributed by atoms with van der Waals surface area (Å²) in [4.78, 5) is 0. The zero-order chi connectivity index (χ0) is 11.9. The van der Waals surface area contributed by atoms with Crippen LogP contribution in [0.5, 0.6) is 0 Å². The Hall–Kier alpha value is -0.160. The van der Waals surface area contributed by atoms with Crippen molar-refractivity contribution in [2.24, 2.45) is 5.92 Å². The van der Waals surface area contributed by atoms with Gasteiger partial charge in [-0.3, -0.25) is 0 Å². The molecule has 17 heavy (non-hydrogen) atoms. The highest BCUT2D eigenvalue weighted by molar-refractivity contribution is 4.72. The van der Waals surface area contributed by atoms with E-state index in [2.05, 4.69) is 5.32 Å². The number of nitrogens with one attached hydrogen (secondary N) is 1. The number of hydrogen-bond acceptors (Lipinski definition) is 4. The summed E-state index contributed by atoms with van der Waals surface area (Å²) in [6.07, 6.45) is 6.14. The summed E-state index contributed by atoms with van der Waals surface area (Å²) in [6, 6.07) is 0. The second-order valence-corrected chi connectivity index (χ2v) is 5.28. The Bertz CT molecular complexity index is 203. The van der Waals surface area contributed by atoms with Gasteiger partial charge < -0.3 is 19.9 Å². The third-order valence-corrected chi connectivity index (χ3v) is 3.39. The van der Waals surface area contributed by atoms with Crippen molar-refractivity contribution in [3.05, 3.63) is 0 Å². The average molecular weight is 243 g/mol. The Morgan fingerprint density at radius 3 is 2.88 bits per heavy atom. The minimum absolute atomic E-state index is 0.336. The molecule has 1 aliphatic carbocycles. The monoisotopic (exact) mass is 243 g/mol. The van der Waals surface area contributed by atoms with Crippen LogP contribution in [0, 0.1) is 5.92 Å². The Kier molecular flexibility index (Phi) is 5.71. The summed E-state index contributed by atoms with van der Waals surface area (Å²) < 4.78 is 11.0. The molecule has 0 bridgehead atoms.